The molecule has 3 aromatic rings. The summed E-state index contributed by atoms with van der Waals surface area (Å²) in [6, 6.07) is 14.5. The van der Waals surface area contributed by atoms with Crippen molar-refractivity contribution in [1.82, 2.24) is 4.40 Å². The third-order valence-electron chi connectivity index (χ3n) is 4.82. The van der Waals surface area contributed by atoms with E-state index in [1.807, 2.05) is 58.0 Å². The molecule has 32 heavy (non-hydrogen) atoms. The smallest absolute Gasteiger partial charge is 0.341 e. The second-order valence-electron chi connectivity index (χ2n) is 8.62. The minimum atomic E-state index is -0.699. The molecule has 0 radical (unpaired) electrons. The summed E-state index contributed by atoms with van der Waals surface area (Å²) in [4.78, 5) is 39.6. The molecule has 2 heterocycles. The van der Waals surface area contributed by atoms with Gasteiger partial charge in [-0.1, -0.05) is 64.1 Å². The second-order valence-corrected chi connectivity index (χ2v) is 8.62. The molecule has 0 N–H and O–H groups in total. The molecule has 0 atom stereocenters. The molecule has 6 nitrogen and oxygen atoms in total. The van der Waals surface area contributed by atoms with Gasteiger partial charge in [0.05, 0.1) is 18.7 Å². The van der Waals surface area contributed by atoms with Crippen molar-refractivity contribution in [3.05, 3.63) is 77.1 Å². The lowest BCUT2D eigenvalue weighted by molar-refractivity contribution is 0.0414. The zero-order valence-electron chi connectivity index (χ0n) is 19.0. The molecule has 0 unspecified atom stereocenters. The fourth-order valence-electron chi connectivity index (χ4n) is 3.38. The van der Waals surface area contributed by atoms with E-state index in [2.05, 4.69) is 0 Å². The van der Waals surface area contributed by atoms with Gasteiger partial charge in [-0.15, -0.1) is 0 Å². The predicted molar refractivity (Wildman–Crippen MR) is 122 cm³/mol. The Morgan fingerprint density at radius 2 is 1.34 bits per heavy atom. The number of carbonyl (C=O) groups excluding carboxylic acids is 3. The van der Waals surface area contributed by atoms with E-state index >= 15 is 0 Å². The predicted octanol–water partition coefficient (Wildman–Crippen LogP) is 4.99. The van der Waals surface area contributed by atoms with Crippen molar-refractivity contribution in [3.63, 3.8) is 0 Å². The van der Waals surface area contributed by atoms with E-state index in [4.69, 9.17) is 9.47 Å². The number of hydrogen-bond acceptors (Lipinski definition) is 5. The molecule has 0 saturated carbocycles. The standard InChI is InChI=1S/C26H29NO5/c1-17(2)15-31-25(29)22-20-12-8-9-13-27(20)24(23(22)26(30)32-16-18(3)4)21(28)14-19-10-6-5-7-11-19/h5-13,17-18H,14-16H2,1-4H3. The van der Waals surface area contributed by atoms with Crippen LogP contribution in [0.4, 0.5) is 0 Å². The van der Waals surface area contributed by atoms with E-state index < -0.39 is 11.9 Å². The Morgan fingerprint density at radius 3 is 1.94 bits per heavy atom. The summed E-state index contributed by atoms with van der Waals surface area (Å²) in [6.45, 7) is 8.08. The minimum absolute atomic E-state index is 0.0356. The molecular weight excluding hydrogens is 406 g/mol. The zero-order chi connectivity index (χ0) is 23.3. The lowest BCUT2D eigenvalue weighted by Gasteiger charge is -2.11. The van der Waals surface area contributed by atoms with Crippen LogP contribution in [0.15, 0.2) is 54.7 Å². The quantitative estimate of drug-likeness (QED) is 0.350. The van der Waals surface area contributed by atoms with Gasteiger partial charge in [-0.25, -0.2) is 9.59 Å². The third-order valence-corrected chi connectivity index (χ3v) is 4.82. The summed E-state index contributed by atoms with van der Waals surface area (Å²) in [7, 11) is 0. The van der Waals surface area contributed by atoms with Crippen molar-refractivity contribution in [2.45, 2.75) is 34.1 Å². The summed E-state index contributed by atoms with van der Waals surface area (Å²) in [6.07, 6.45) is 1.76. The number of rotatable bonds is 9. The number of esters is 2. The SMILES string of the molecule is CC(C)COC(=O)c1c(C(=O)OCC(C)C)c2ccccn2c1C(=O)Cc1ccccc1. The van der Waals surface area contributed by atoms with Crippen LogP contribution >= 0.6 is 0 Å². The van der Waals surface area contributed by atoms with Gasteiger partial charge in [-0.3, -0.25) is 4.79 Å². The molecule has 3 rings (SSSR count). The van der Waals surface area contributed by atoms with Gasteiger partial charge < -0.3 is 13.9 Å². The van der Waals surface area contributed by atoms with Crippen LogP contribution in [0.25, 0.3) is 5.52 Å². The summed E-state index contributed by atoms with van der Waals surface area (Å²) >= 11 is 0. The largest absolute Gasteiger partial charge is 0.462 e. The Labute approximate surface area is 188 Å². The fourth-order valence-corrected chi connectivity index (χ4v) is 3.38. The normalized spacial score (nSPS) is 11.2. The number of ketones is 1. The van der Waals surface area contributed by atoms with Crippen LogP contribution in [0.2, 0.25) is 0 Å². The Morgan fingerprint density at radius 1 is 0.781 bits per heavy atom. The Balaban J connectivity index is 2.15. The van der Waals surface area contributed by atoms with E-state index in [1.165, 1.54) is 0 Å². The molecule has 6 heteroatoms. The Kier molecular flexibility index (Phi) is 7.46. The highest BCUT2D eigenvalue weighted by molar-refractivity contribution is 6.16. The summed E-state index contributed by atoms with van der Waals surface area (Å²) < 4.78 is 12.5. The molecule has 168 valence electrons. The maximum atomic E-state index is 13.4. The lowest BCUT2D eigenvalue weighted by Crippen LogP contribution is -2.19. The van der Waals surface area contributed by atoms with Gasteiger partial charge in [0.1, 0.15) is 16.8 Å². The fraction of sp³-hybridized carbons (Fsp3) is 0.346. The van der Waals surface area contributed by atoms with Crippen molar-refractivity contribution in [3.8, 4) is 0 Å². The number of Topliss-reactive ketones (excluding diaryl/α,β-unsaturated/α-hetero) is 1. The maximum absolute atomic E-state index is 13.4. The van der Waals surface area contributed by atoms with Crippen molar-refractivity contribution >= 4 is 23.2 Å². The van der Waals surface area contributed by atoms with Gasteiger partial charge in [-0.2, -0.15) is 0 Å². The van der Waals surface area contributed by atoms with Gasteiger partial charge >= 0.3 is 11.9 Å². The molecule has 2 aromatic heterocycles. The monoisotopic (exact) mass is 435 g/mol. The molecule has 0 fully saturated rings. The summed E-state index contributed by atoms with van der Waals surface area (Å²) in [5.41, 5.74) is 1.42. The maximum Gasteiger partial charge on any atom is 0.341 e. The molecule has 1 aromatic carbocycles. The first-order valence-electron chi connectivity index (χ1n) is 10.8. The van der Waals surface area contributed by atoms with E-state index in [-0.39, 0.29) is 54.1 Å². The Bertz CT molecular complexity index is 1110. The van der Waals surface area contributed by atoms with Crippen molar-refractivity contribution in [2.24, 2.45) is 11.8 Å². The van der Waals surface area contributed by atoms with Crippen LogP contribution in [-0.2, 0) is 15.9 Å². The van der Waals surface area contributed by atoms with E-state index in [9.17, 15) is 14.4 Å². The van der Waals surface area contributed by atoms with E-state index in [0.717, 1.165) is 5.56 Å². The second kappa shape index (κ2) is 10.3. The molecule has 0 spiro atoms. The highest BCUT2D eigenvalue weighted by atomic mass is 16.5. The number of hydrogen-bond donors (Lipinski definition) is 0. The van der Waals surface area contributed by atoms with Gasteiger partial charge in [0.15, 0.2) is 5.78 Å². The first-order chi connectivity index (χ1) is 15.3. The summed E-state index contributed by atoms with van der Waals surface area (Å²) in [5.74, 6) is -1.39. The highest BCUT2D eigenvalue weighted by Gasteiger charge is 2.33. The minimum Gasteiger partial charge on any atom is -0.462 e. The molecule has 0 amide bonds. The number of pyridine rings is 1. The van der Waals surface area contributed by atoms with Crippen LogP contribution in [0.5, 0.6) is 0 Å². The van der Waals surface area contributed by atoms with E-state index in [0.29, 0.717) is 5.52 Å². The molecule has 0 aliphatic rings. The number of nitrogens with zero attached hydrogens (tertiary/aromatic N) is 1. The first kappa shape index (κ1) is 23.3. The molecular formula is C26H29NO5. The molecule has 0 bridgehead atoms. The third kappa shape index (κ3) is 5.25. The molecule has 0 saturated heterocycles. The molecule has 0 aliphatic carbocycles. The number of aromatic nitrogens is 1. The first-order valence-corrected chi connectivity index (χ1v) is 10.8. The highest BCUT2D eigenvalue weighted by Crippen LogP contribution is 2.27. The van der Waals surface area contributed by atoms with Crippen LogP contribution in [0, 0.1) is 11.8 Å². The molecule has 0 aliphatic heterocycles. The van der Waals surface area contributed by atoms with Crippen LogP contribution in [0.3, 0.4) is 0 Å². The topological polar surface area (TPSA) is 74.1 Å². The van der Waals surface area contributed by atoms with Crippen molar-refractivity contribution in [1.29, 1.82) is 0 Å². The van der Waals surface area contributed by atoms with Crippen molar-refractivity contribution in [2.75, 3.05) is 13.2 Å². The number of fused-ring (bicyclic) bond motifs is 1. The summed E-state index contributed by atoms with van der Waals surface area (Å²) in [5, 5.41) is 0. The van der Waals surface area contributed by atoms with Gasteiger partial charge in [0, 0.05) is 12.6 Å². The Hall–Kier alpha value is -3.41. The number of carbonyl (C=O) groups is 3. The average Bonchev–Trinajstić information content (AvgIpc) is 3.12. The van der Waals surface area contributed by atoms with Crippen LogP contribution < -0.4 is 0 Å². The lowest BCUT2D eigenvalue weighted by atomic mass is 10.0. The van der Waals surface area contributed by atoms with Gasteiger partial charge in [-0.05, 0) is 29.5 Å². The zero-order valence-corrected chi connectivity index (χ0v) is 19.0. The van der Waals surface area contributed by atoms with Crippen LogP contribution in [-0.4, -0.2) is 35.3 Å². The van der Waals surface area contributed by atoms with Crippen LogP contribution in [0.1, 0.15) is 64.5 Å². The number of ether oxygens (including phenoxy) is 2. The average molecular weight is 436 g/mol. The van der Waals surface area contributed by atoms with Gasteiger partial charge in [0.2, 0.25) is 0 Å². The van der Waals surface area contributed by atoms with Gasteiger partial charge in [0.25, 0.3) is 0 Å². The van der Waals surface area contributed by atoms with Crippen molar-refractivity contribution < 1.29 is 23.9 Å². The number of benzene rings is 1. The van der Waals surface area contributed by atoms with E-state index in [1.54, 1.807) is 28.8 Å².